The van der Waals surface area contributed by atoms with Gasteiger partial charge in [-0.2, -0.15) is 13.2 Å². The van der Waals surface area contributed by atoms with E-state index in [1.54, 1.807) is 6.92 Å². The second kappa shape index (κ2) is 9.99. The van der Waals surface area contributed by atoms with E-state index < -0.39 is 23.0 Å². The molecular formula is C18H23F3N5O2S-. The molecule has 29 heavy (non-hydrogen) atoms. The number of nitrogens with one attached hydrogen (secondary N) is 2. The van der Waals surface area contributed by atoms with Gasteiger partial charge in [0.25, 0.3) is 0 Å². The number of benzene rings is 1. The van der Waals surface area contributed by atoms with Crippen LogP contribution in [0.5, 0.6) is 0 Å². The van der Waals surface area contributed by atoms with Gasteiger partial charge in [0, 0.05) is 16.8 Å². The first-order chi connectivity index (χ1) is 13.6. The Morgan fingerprint density at radius 2 is 2.03 bits per heavy atom. The molecule has 1 fully saturated rings. The Morgan fingerprint density at radius 3 is 2.52 bits per heavy atom. The van der Waals surface area contributed by atoms with Crippen molar-refractivity contribution in [2.75, 3.05) is 23.5 Å². The van der Waals surface area contributed by atoms with E-state index in [1.165, 1.54) is 32.0 Å². The van der Waals surface area contributed by atoms with Gasteiger partial charge in [-0.25, -0.2) is 0 Å². The van der Waals surface area contributed by atoms with Crippen molar-refractivity contribution in [1.29, 1.82) is 0 Å². The fraction of sp³-hybridized carbons (Fsp3) is 0.444. The number of hydrogen-bond acceptors (Lipinski definition) is 6. The van der Waals surface area contributed by atoms with Crippen molar-refractivity contribution in [3.05, 3.63) is 35.4 Å². The Bertz CT molecular complexity index is 858. The lowest BCUT2D eigenvalue weighted by molar-refractivity contribution is -0.137. The fourth-order valence-corrected chi connectivity index (χ4v) is 3.12. The van der Waals surface area contributed by atoms with E-state index in [1.807, 2.05) is 4.72 Å². The molecule has 1 unspecified atom stereocenters. The lowest BCUT2D eigenvalue weighted by Gasteiger charge is -2.17. The molecule has 2 atom stereocenters. The summed E-state index contributed by atoms with van der Waals surface area (Å²) in [6.45, 7) is 6.42. The Balaban J connectivity index is 0.000000360. The van der Waals surface area contributed by atoms with Gasteiger partial charge < -0.3 is 20.3 Å². The molecule has 0 spiro atoms. The van der Waals surface area contributed by atoms with Crippen LogP contribution in [0, 0.1) is 12.8 Å². The molecule has 1 aliphatic heterocycles. The number of alkyl halides is 3. The summed E-state index contributed by atoms with van der Waals surface area (Å²) in [6.07, 6.45) is -1.80. The molecule has 2 heterocycles. The smallest absolute Gasteiger partial charge is 0.416 e. The van der Waals surface area contributed by atoms with E-state index in [4.69, 9.17) is 5.73 Å². The van der Waals surface area contributed by atoms with Gasteiger partial charge in [0.2, 0.25) is 0 Å². The number of nitrogens with two attached hydrogens (primary N) is 1. The predicted molar refractivity (Wildman–Crippen MR) is 105 cm³/mol. The standard InChI is InChI=1S/C12H11F3N4O2S.C6H13N/c1-6-4-9(17-18-11(6)16)8-3-2-7(12(13,14)15)5-10(8)19-22(20)21;1-6-3-2-4-7-5-6/h2-5,19H,1H3,(H2,16,18)(H,20,21);6-7H,2-5H2,1H3/p-1/t;6-/m.0/s1. The van der Waals surface area contributed by atoms with Gasteiger partial charge in [0.05, 0.1) is 16.9 Å². The zero-order valence-electron chi connectivity index (χ0n) is 16.0. The molecule has 0 bridgehead atoms. The summed E-state index contributed by atoms with van der Waals surface area (Å²) in [5.41, 5.74) is 5.23. The van der Waals surface area contributed by atoms with Crippen molar-refractivity contribution >= 4 is 22.8 Å². The maximum Gasteiger partial charge on any atom is 0.416 e. The summed E-state index contributed by atoms with van der Waals surface area (Å²) in [7, 11) is 0. The lowest BCUT2D eigenvalue weighted by atomic mass is 10.0. The van der Waals surface area contributed by atoms with E-state index in [9.17, 15) is 21.9 Å². The monoisotopic (exact) mass is 430 g/mol. The third-order valence-corrected chi connectivity index (χ3v) is 4.77. The number of nitrogens with zero attached hydrogens (tertiary/aromatic N) is 2. The summed E-state index contributed by atoms with van der Waals surface area (Å²) in [5.74, 6) is 1.10. The highest BCUT2D eigenvalue weighted by atomic mass is 32.2. The SMILES string of the molecule is C[C@H]1CCCNC1.Cc1cc(-c2ccc(C(F)(F)F)cc2NS(=O)[O-])nnc1N. The Hall–Kier alpha value is -2.24. The highest BCUT2D eigenvalue weighted by Gasteiger charge is 2.31. The van der Waals surface area contributed by atoms with Gasteiger partial charge in [0.15, 0.2) is 0 Å². The summed E-state index contributed by atoms with van der Waals surface area (Å²) in [4.78, 5) is 0. The van der Waals surface area contributed by atoms with Crippen molar-refractivity contribution in [1.82, 2.24) is 15.5 Å². The molecule has 0 saturated carbocycles. The topological polar surface area (TPSA) is 116 Å². The molecule has 1 aromatic heterocycles. The van der Waals surface area contributed by atoms with Crippen LogP contribution < -0.4 is 15.8 Å². The zero-order chi connectivity index (χ0) is 21.6. The van der Waals surface area contributed by atoms with Crippen molar-refractivity contribution in [2.45, 2.75) is 32.9 Å². The number of piperidine rings is 1. The molecule has 11 heteroatoms. The fourth-order valence-electron chi connectivity index (χ4n) is 2.77. The van der Waals surface area contributed by atoms with Crippen LogP contribution in [0.1, 0.15) is 30.9 Å². The van der Waals surface area contributed by atoms with Crippen LogP contribution in [-0.2, 0) is 17.4 Å². The minimum Gasteiger partial charge on any atom is -0.755 e. The second-order valence-corrected chi connectivity index (χ2v) is 7.52. The molecule has 7 nitrogen and oxygen atoms in total. The van der Waals surface area contributed by atoms with Gasteiger partial charge in [-0.3, -0.25) is 4.21 Å². The number of anilines is 2. The number of rotatable bonds is 3. The molecule has 1 saturated heterocycles. The van der Waals surface area contributed by atoms with Crippen LogP contribution in [-0.4, -0.2) is 32.0 Å². The van der Waals surface area contributed by atoms with Gasteiger partial charge in [-0.05, 0) is 62.5 Å². The average Bonchev–Trinajstić information content (AvgIpc) is 2.64. The lowest BCUT2D eigenvalue weighted by Crippen LogP contribution is -2.27. The van der Waals surface area contributed by atoms with Crippen molar-refractivity contribution in [3.8, 4) is 11.3 Å². The highest BCUT2D eigenvalue weighted by molar-refractivity contribution is 7.80. The van der Waals surface area contributed by atoms with Crippen molar-refractivity contribution < 1.29 is 21.9 Å². The molecular weight excluding hydrogens is 407 g/mol. The maximum atomic E-state index is 12.7. The summed E-state index contributed by atoms with van der Waals surface area (Å²) >= 11 is -2.79. The van der Waals surface area contributed by atoms with Crippen LogP contribution >= 0.6 is 0 Å². The van der Waals surface area contributed by atoms with E-state index in [0.717, 1.165) is 18.1 Å². The number of nitrogen functional groups attached to an aromatic ring is 1. The molecule has 4 N–H and O–H groups in total. The molecule has 0 radical (unpaired) electrons. The van der Waals surface area contributed by atoms with Gasteiger partial charge in [0.1, 0.15) is 5.82 Å². The molecule has 3 rings (SSSR count). The van der Waals surface area contributed by atoms with Crippen molar-refractivity contribution in [2.24, 2.45) is 5.92 Å². The molecule has 0 aliphatic carbocycles. The largest absolute Gasteiger partial charge is 0.755 e. The number of hydrogen-bond donors (Lipinski definition) is 3. The molecule has 0 amide bonds. The van der Waals surface area contributed by atoms with Crippen LogP contribution in [0.25, 0.3) is 11.3 Å². The van der Waals surface area contributed by atoms with Crippen LogP contribution in [0.15, 0.2) is 24.3 Å². The van der Waals surface area contributed by atoms with Crippen LogP contribution in [0.3, 0.4) is 0 Å². The summed E-state index contributed by atoms with van der Waals surface area (Å²) in [6, 6.07) is 4.15. The molecule has 1 aliphatic rings. The first kappa shape index (κ1) is 23.0. The second-order valence-electron chi connectivity index (χ2n) is 6.84. The van der Waals surface area contributed by atoms with Gasteiger partial charge >= 0.3 is 6.18 Å². The quantitative estimate of drug-likeness (QED) is 0.644. The average molecular weight is 430 g/mol. The first-order valence-electron chi connectivity index (χ1n) is 8.96. The van der Waals surface area contributed by atoms with Crippen LogP contribution in [0.4, 0.5) is 24.7 Å². The number of aryl methyl sites for hydroxylation is 1. The van der Waals surface area contributed by atoms with Gasteiger partial charge in [-0.15, -0.1) is 10.2 Å². The maximum absolute atomic E-state index is 12.7. The first-order valence-corrected chi connectivity index (χ1v) is 10.0. The van der Waals surface area contributed by atoms with E-state index in [0.29, 0.717) is 11.6 Å². The van der Waals surface area contributed by atoms with E-state index in [2.05, 4.69) is 22.4 Å². The Kier molecular flexibility index (Phi) is 7.94. The third-order valence-electron chi connectivity index (χ3n) is 4.38. The minimum absolute atomic E-state index is 0.160. The van der Waals surface area contributed by atoms with E-state index in [-0.39, 0.29) is 22.8 Å². The normalized spacial score (nSPS) is 17.8. The number of aromatic nitrogens is 2. The van der Waals surface area contributed by atoms with Gasteiger partial charge in [-0.1, -0.05) is 13.0 Å². The Morgan fingerprint density at radius 1 is 1.31 bits per heavy atom. The Labute approximate surface area is 169 Å². The molecule has 160 valence electrons. The highest BCUT2D eigenvalue weighted by Crippen LogP contribution is 2.35. The van der Waals surface area contributed by atoms with Crippen molar-refractivity contribution in [3.63, 3.8) is 0 Å². The zero-order valence-corrected chi connectivity index (χ0v) is 16.9. The van der Waals surface area contributed by atoms with Crippen LogP contribution in [0.2, 0.25) is 0 Å². The number of halogens is 3. The van der Waals surface area contributed by atoms with E-state index >= 15 is 0 Å². The molecule has 2 aromatic rings. The summed E-state index contributed by atoms with van der Waals surface area (Å²) in [5, 5.41) is 10.8. The summed E-state index contributed by atoms with van der Waals surface area (Å²) < 4.78 is 61.7. The molecule has 1 aromatic carbocycles. The third kappa shape index (κ3) is 6.94. The minimum atomic E-state index is -4.60. The predicted octanol–water partition coefficient (Wildman–Crippen LogP) is 3.26.